The third-order valence-corrected chi connectivity index (χ3v) is 6.71. The number of carbonyl (C=O) groups excluding carboxylic acids is 1. The third kappa shape index (κ3) is 4.55. The summed E-state index contributed by atoms with van der Waals surface area (Å²) in [5, 5.41) is 0.481. The molecule has 0 aliphatic carbocycles. The second-order valence-corrected chi connectivity index (χ2v) is 8.88. The van der Waals surface area contributed by atoms with Crippen molar-refractivity contribution in [2.24, 2.45) is 0 Å². The summed E-state index contributed by atoms with van der Waals surface area (Å²) in [6.07, 6.45) is 2.92. The van der Waals surface area contributed by atoms with Crippen molar-refractivity contribution in [1.29, 1.82) is 0 Å². The summed E-state index contributed by atoms with van der Waals surface area (Å²) in [6, 6.07) is 22.9. The Morgan fingerprint density at radius 3 is 2.57 bits per heavy atom. The Labute approximate surface area is 208 Å². The number of aromatic nitrogens is 2. The van der Waals surface area contributed by atoms with Crippen LogP contribution < -0.4 is 10.3 Å². The molecule has 0 spiro atoms. The molecule has 4 aromatic rings. The largest absolute Gasteiger partial charge is 0.496 e. The maximum atomic E-state index is 13.2. The van der Waals surface area contributed by atoms with E-state index in [1.807, 2.05) is 47.4 Å². The Balaban J connectivity index is 1.41. The lowest BCUT2D eigenvalue weighted by Gasteiger charge is -2.27. The van der Waals surface area contributed by atoms with E-state index in [0.717, 1.165) is 12.0 Å². The van der Waals surface area contributed by atoms with Crippen molar-refractivity contribution in [2.45, 2.75) is 13.0 Å². The standard InChI is InChI=1S/C28H25N3O3S/c1-34-25-10-6-5-9-22(25)18-31-27(33)23-12-11-21(17-24(23)29-28(31)35)26(32)30-15-13-20(14-16-30)19-7-3-2-4-8-19/h2-13,17H,14-16,18H2,1H3,(H,29,35). The number of carbonyl (C=O) groups is 1. The molecule has 1 amide bonds. The van der Waals surface area contributed by atoms with Crippen molar-refractivity contribution in [1.82, 2.24) is 14.5 Å². The first-order valence-electron chi connectivity index (χ1n) is 11.5. The number of nitrogens with zero attached hydrogens (tertiary/aromatic N) is 2. The molecule has 7 heteroatoms. The quantitative estimate of drug-likeness (QED) is 0.404. The second kappa shape index (κ2) is 9.72. The Bertz CT molecular complexity index is 1550. The molecule has 176 valence electrons. The second-order valence-electron chi connectivity index (χ2n) is 8.49. The Morgan fingerprint density at radius 2 is 1.83 bits per heavy atom. The van der Waals surface area contributed by atoms with E-state index in [2.05, 4.69) is 23.2 Å². The Kier molecular flexibility index (Phi) is 6.33. The van der Waals surface area contributed by atoms with Crippen LogP contribution in [0, 0.1) is 4.77 Å². The topological polar surface area (TPSA) is 67.3 Å². The number of aromatic amines is 1. The lowest BCUT2D eigenvalue weighted by Crippen LogP contribution is -2.34. The maximum absolute atomic E-state index is 13.2. The van der Waals surface area contributed by atoms with Gasteiger partial charge in [-0.2, -0.15) is 0 Å². The van der Waals surface area contributed by atoms with Crippen LogP contribution in [-0.4, -0.2) is 40.6 Å². The van der Waals surface area contributed by atoms with Gasteiger partial charge in [0.15, 0.2) is 4.77 Å². The van der Waals surface area contributed by atoms with Crippen LogP contribution in [0.25, 0.3) is 16.5 Å². The van der Waals surface area contributed by atoms with Crippen molar-refractivity contribution < 1.29 is 9.53 Å². The lowest BCUT2D eigenvalue weighted by atomic mass is 9.99. The smallest absolute Gasteiger partial charge is 0.262 e. The molecule has 0 fully saturated rings. The van der Waals surface area contributed by atoms with E-state index in [1.54, 1.807) is 25.3 Å². The zero-order valence-corrected chi connectivity index (χ0v) is 20.2. The molecule has 6 nitrogen and oxygen atoms in total. The predicted molar refractivity (Wildman–Crippen MR) is 140 cm³/mol. The first-order chi connectivity index (χ1) is 17.0. The minimum Gasteiger partial charge on any atom is -0.496 e. The highest BCUT2D eigenvalue weighted by Crippen LogP contribution is 2.24. The van der Waals surface area contributed by atoms with E-state index in [9.17, 15) is 9.59 Å². The average molecular weight is 484 g/mol. The van der Waals surface area contributed by atoms with Gasteiger partial charge in [0.2, 0.25) is 0 Å². The number of hydrogen-bond donors (Lipinski definition) is 1. The average Bonchev–Trinajstić information content (AvgIpc) is 2.91. The fourth-order valence-corrected chi connectivity index (χ4v) is 4.74. The molecular formula is C28H25N3O3S. The van der Waals surface area contributed by atoms with Gasteiger partial charge in [0.05, 0.1) is 24.6 Å². The van der Waals surface area contributed by atoms with Crippen molar-refractivity contribution in [3.63, 3.8) is 0 Å². The first kappa shape index (κ1) is 22.8. The summed E-state index contributed by atoms with van der Waals surface area (Å²) in [5.41, 5.74) is 4.19. The highest BCUT2D eigenvalue weighted by molar-refractivity contribution is 7.71. The van der Waals surface area contributed by atoms with Crippen molar-refractivity contribution in [3.8, 4) is 5.75 Å². The number of nitrogens with one attached hydrogen (secondary N) is 1. The normalized spacial score (nSPS) is 13.5. The highest BCUT2D eigenvalue weighted by Gasteiger charge is 2.20. The van der Waals surface area contributed by atoms with Crippen molar-refractivity contribution >= 4 is 34.6 Å². The van der Waals surface area contributed by atoms with Gasteiger partial charge < -0.3 is 14.6 Å². The van der Waals surface area contributed by atoms with Crippen LogP contribution in [0.2, 0.25) is 0 Å². The van der Waals surface area contributed by atoms with Crippen LogP contribution in [0.3, 0.4) is 0 Å². The number of amides is 1. The molecular weight excluding hydrogens is 458 g/mol. The summed E-state index contributed by atoms with van der Waals surface area (Å²) >= 11 is 5.50. The number of hydrogen-bond acceptors (Lipinski definition) is 4. The minimum atomic E-state index is -0.206. The molecule has 0 bridgehead atoms. The molecule has 0 radical (unpaired) electrons. The van der Waals surface area contributed by atoms with Crippen LogP contribution in [-0.2, 0) is 6.54 Å². The first-order valence-corrected chi connectivity index (χ1v) is 11.9. The Morgan fingerprint density at radius 1 is 1.06 bits per heavy atom. The van der Waals surface area contributed by atoms with Gasteiger partial charge in [-0.25, -0.2) is 0 Å². The molecule has 1 aliphatic heterocycles. The molecule has 1 aromatic heterocycles. The van der Waals surface area contributed by atoms with Gasteiger partial charge >= 0.3 is 0 Å². The number of benzene rings is 3. The maximum Gasteiger partial charge on any atom is 0.262 e. The van der Waals surface area contributed by atoms with Crippen LogP contribution >= 0.6 is 12.2 Å². The van der Waals surface area contributed by atoms with Gasteiger partial charge in [-0.3, -0.25) is 14.2 Å². The summed E-state index contributed by atoms with van der Waals surface area (Å²) in [5.74, 6) is 0.633. The number of ether oxygens (including phenoxy) is 1. The fourth-order valence-electron chi connectivity index (χ4n) is 4.49. The highest BCUT2D eigenvalue weighted by atomic mass is 32.1. The molecule has 1 aliphatic rings. The SMILES string of the molecule is COc1ccccc1Cn1c(=S)[nH]c2cc(C(=O)N3CC=C(c4ccccc4)CC3)ccc2c1=O. The third-order valence-electron chi connectivity index (χ3n) is 6.39. The summed E-state index contributed by atoms with van der Waals surface area (Å²) in [7, 11) is 1.60. The molecule has 35 heavy (non-hydrogen) atoms. The van der Waals surface area contributed by atoms with Gasteiger partial charge in [-0.05, 0) is 54.0 Å². The number of fused-ring (bicyclic) bond motifs is 1. The van der Waals surface area contributed by atoms with Gasteiger partial charge in [0.25, 0.3) is 11.5 Å². The van der Waals surface area contributed by atoms with E-state index in [4.69, 9.17) is 17.0 Å². The number of H-pyrrole nitrogens is 1. The van der Waals surface area contributed by atoms with Crippen LogP contribution in [0.5, 0.6) is 5.75 Å². The van der Waals surface area contributed by atoms with Crippen LogP contribution in [0.4, 0.5) is 0 Å². The van der Waals surface area contributed by atoms with Crippen LogP contribution in [0.1, 0.15) is 27.9 Å². The molecule has 0 unspecified atom stereocenters. The number of methoxy groups -OCH3 is 1. The van der Waals surface area contributed by atoms with Gasteiger partial charge in [0.1, 0.15) is 5.75 Å². The van der Waals surface area contributed by atoms with Gasteiger partial charge in [0, 0.05) is 24.2 Å². The van der Waals surface area contributed by atoms with E-state index in [1.165, 1.54) is 15.7 Å². The van der Waals surface area contributed by atoms with Gasteiger partial charge in [-0.15, -0.1) is 0 Å². The fraction of sp³-hybridized carbons (Fsp3) is 0.179. The summed E-state index contributed by atoms with van der Waals surface area (Å²) < 4.78 is 7.22. The molecule has 0 saturated heterocycles. The van der Waals surface area contributed by atoms with Crippen LogP contribution in [0.15, 0.2) is 83.7 Å². The lowest BCUT2D eigenvalue weighted by molar-refractivity contribution is 0.0773. The zero-order chi connectivity index (χ0) is 24.4. The molecule has 5 rings (SSSR count). The summed E-state index contributed by atoms with van der Waals surface area (Å²) in [6.45, 7) is 1.49. The minimum absolute atomic E-state index is 0.0622. The van der Waals surface area contributed by atoms with E-state index in [-0.39, 0.29) is 11.5 Å². The van der Waals surface area contributed by atoms with Crippen molar-refractivity contribution in [3.05, 3.63) is 111 Å². The molecule has 0 saturated carbocycles. The van der Waals surface area contributed by atoms with E-state index >= 15 is 0 Å². The van der Waals surface area contributed by atoms with Gasteiger partial charge in [-0.1, -0.05) is 54.6 Å². The molecule has 0 atom stereocenters. The predicted octanol–water partition coefficient (Wildman–Crippen LogP) is 5.05. The Hall–Kier alpha value is -3.97. The van der Waals surface area contributed by atoms with Crippen molar-refractivity contribution in [2.75, 3.05) is 20.2 Å². The molecule has 3 aromatic carbocycles. The van der Waals surface area contributed by atoms with E-state index in [0.29, 0.717) is 46.6 Å². The summed E-state index contributed by atoms with van der Waals surface area (Å²) in [4.78, 5) is 31.4. The zero-order valence-electron chi connectivity index (χ0n) is 19.4. The van der Waals surface area contributed by atoms with E-state index < -0.39 is 0 Å². The molecule has 1 N–H and O–H groups in total. The molecule has 2 heterocycles. The monoisotopic (exact) mass is 483 g/mol. The number of para-hydroxylation sites is 1. The number of rotatable bonds is 5.